The molecule has 18 heteroatoms. The number of furan rings is 2. The van der Waals surface area contributed by atoms with Crippen molar-refractivity contribution >= 4 is 35.6 Å². The summed E-state index contributed by atoms with van der Waals surface area (Å²) < 4.78 is 48.5. The van der Waals surface area contributed by atoms with Crippen molar-refractivity contribution in [2.75, 3.05) is 13.2 Å². The van der Waals surface area contributed by atoms with Crippen LogP contribution in [0.15, 0.2) is 165 Å². The molecule has 4 amide bonds. The number of fused-ring (bicyclic) bond motifs is 1. The van der Waals surface area contributed by atoms with Gasteiger partial charge in [-0.2, -0.15) is 0 Å². The molecule has 0 spiro atoms. The molecule has 0 fully saturated rings. The quantitative estimate of drug-likeness (QED) is 0.0450. The third kappa shape index (κ3) is 13.4. The van der Waals surface area contributed by atoms with Crippen LogP contribution in [0.25, 0.3) is 11.1 Å². The maximum Gasteiger partial charge on any atom is 0.340 e. The number of nitrogens with zero attached hydrogens (tertiary/aromatic N) is 1. The molecule has 3 atom stereocenters. The van der Waals surface area contributed by atoms with Crippen LogP contribution in [0.2, 0.25) is 0 Å². The van der Waals surface area contributed by atoms with E-state index in [1.807, 2.05) is 27.7 Å². The Kier molecular flexibility index (Phi) is 18.8. The van der Waals surface area contributed by atoms with E-state index >= 15 is 0 Å². The SMILES string of the molecule is CCOC(=O)C1=C(CCc2ccc(F)cc2)NC2=C(C(=O)NC2C(C)C)C1c1ccc(C(=O)NCc2ccco2)cc1.CCOC(=O)c1c(CCc2ccc(F)cc2)nc2c(c1-c1ccc(C(=O)NCc3ccco3)cc1)C(=O)NC2C(C)C. The maximum absolute atomic E-state index is 13.5. The molecule has 0 radical (unpaired) electrons. The van der Waals surface area contributed by atoms with Gasteiger partial charge in [-0.25, -0.2) is 18.4 Å². The summed E-state index contributed by atoms with van der Waals surface area (Å²) in [7, 11) is 0. The van der Waals surface area contributed by atoms with Gasteiger partial charge in [0.05, 0.1) is 90.5 Å². The highest BCUT2D eigenvalue weighted by atomic mass is 19.1. The zero-order valence-electron chi connectivity index (χ0n) is 47.5. The number of carbonyl (C=O) groups excluding carboxylic acids is 6. The second-order valence-corrected chi connectivity index (χ2v) is 21.2. The molecular formula is C66H66F2N6O10. The summed E-state index contributed by atoms with van der Waals surface area (Å²) in [5.41, 5.74) is 8.18. The van der Waals surface area contributed by atoms with E-state index in [9.17, 15) is 37.5 Å². The summed E-state index contributed by atoms with van der Waals surface area (Å²) in [5, 5.41) is 15.2. The van der Waals surface area contributed by atoms with E-state index in [1.165, 1.54) is 24.3 Å². The third-order valence-electron chi connectivity index (χ3n) is 14.8. The van der Waals surface area contributed by atoms with E-state index in [0.717, 1.165) is 16.8 Å². The van der Waals surface area contributed by atoms with Crippen molar-refractivity contribution < 1.29 is 55.9 Å². The van der Waals surface area contributed by atoms with E-state index < -0.39 is 17.9 Å². The van der Waals surface area contributed by atoms with Crippen LogP contribution in [0, 0.1) is 23.5 Å². The van der Waals surface area contributed by atoms with Crippen LogP contribution in [0.4, 0.5) is 8.78 Å². The third-order valence-corrected chi connectivity index (χ3v) is 14.8. The number of nitrogens with one attached hydrogen (secondary N) is 5. The van der Waals surface area contributed by atoms with E-state index in [4.69, 9.17) is 23.3 Å². The minimum atomic E-state index is -0.701. The number of aryl methyl sites for hydroxylation is 3. The Bertz CT molecular complexity index is 3590. The normalized spacial score (nSPS) is 16.0. The molecule has 3 aliphatic heterocycles. The summed E-state index contributed by atoms with van der Waals surface area (Å²) in [6.45, 7) is 12.3. The second kappa shape index (κ2) is 26.6. The minimum Gasteiger partial charge on any atom is -0.467 e. The fraction of sp³-hybridized carbons (Fsp3) is 0.288. The predicted molar refractivity (Wildman–Crippen MR) is 309 cm³/mol. The molecule has 3 aromatic heterocycles. The fourth-order valence-corrected chi connectivity index (χ4v) is 10.6. The van der Waals surface area contributed by atoms with E-state index in [0.29, 0.717) is 98.8 Å². The second-order valence-electron chi connectivity index (χ2n) is 21.2. The molecule has 0 bridgehead atoms. The lowest BCUT2D eigenvalue weighted by molar-refractivity contribution is -0.138. The number of hydrogen-bond acceptors (Lipinski definition) is 12. The Morgan fingerprint density at radius 1 is 0.607 bits per heavy atom. The monoisotopic (exact) mass is 1140 g/mol. The number of esters is 2. The van der Waals surface area contributed by atoms with Gasteiger partial charge in [-0.1, -0.05) is 76.2 Å². The van der Waals surface area contributed by atoms with Gasteiger partial charge in [-0.05, 0) is 146 Å². The van der Waals surface area contributed by atoms with Crippen molar-refractivity contribution in [3.63, 3.8) is 0 Å². The topological polar surface area (TPSA) is 220 Å². The van der Waals surface area contributed by atoms with Crippen LogP contribution in [0.1, 0.15) is 141 Å². The molecule has 4 aromatic carbocycles. The molecule has 3 unspecified atom stereocenters. The lowest BCUT2D eigenvalue weighted by Crippen LogP contribution is -2.37. The van der Waals surface area contributed by atoms with Gasteiger partial charge in [0, 0.05) is 28.1 Å². The molecule has 84 heavy (non-hydrogen) atoms. The summed E-state index contributed by atoms with van der Waals surface area (Å²) in [6.07, 6.45) is 4.94. The largest absolute Gasteiger partial charge is 0.467 e. The number of ether oxygens (including phenoxy) is 2. The molecule has 5 N–H and O–H groups in total. The number of halogens is 2. The Hall–Kier alpha value is -9.45. The van der Waals surface area contributed by atoms with Crippen molar-refractivity contribution in [1.29, 1.82) is 0 Å². The molecule has 0 saturated heterocycles. The molecule has 6 heterocycles. The van der Waals surface area contributed by atoms with Crippen molar-refractivity contribution in [2.24, 2.45) is 11.8 Å². The summed E-state index contributed by atoms with van der Waals surface area (Å²) in [5.74, 6) is -2.17. The first-order chi connectivity index (χ1) is 40.5. The Labute approximate surface area is 485 Å². The number of aromatic nitrogens is 1. The zero-order valence-corrected chi connectivity index (χ0v) is 47.5. The highest BCUT2D eigenvalue weighted by Crippen LogP contribution is 2.44. The van der Waals surface area contributed by atoms with Crippen LogP contribution in [-0.4, -0.2) is 59.8 Å². The first kappa shape index (κ1) is 59.2. The van der Waals surface area contributed by atoms with Gasteiger partial charge in [0.1, 0.15) is 23.2 Å². The predicted octanol–water partition coefficient (Wildman–Crippen LogP) is 10.7. The van der Waals surface area contributed by atoms with Gasteiger partial charge in [-0.3, -0.25) is 24.2 Å². The standard InChI is InChI=1S/C33H34FN3O5.C33H32FN3O5/c2*1-4-41-33(40)27-25(16-9-20-7-14-23(34)15-8-20)36-30-28(32(39)37-29(30)19(2)3)26(27)21-10-12-22(13-11-21)31(38)35-18-24-6-5-17-42-24/h5-8,10-15,17,19,26,29,36H,4,9,16,18H2,1-3H3,(H,35,38)(H,37,39);5-8,10-15,17,19,29H,4,9,16,18H2,1-3H3,(H,35,38)(H,37,39). The number of rotatable bonds is 20. The number of hydrogen-bond donors (Lipinski definition) is 5. The van der Waals surface area contributed by atoms with E-state index in [1.54, 1.807) is 123 Å². The lowest BCUT2D eigenvalue weighted by atomic mass is 9.78. The van der Waals surface area contributed by atoms with Crippen LogP contribution in [-0.2, 0) is 51.4 Å². The lowest BCUT2D eigenvalue weighted by Gasteiger charge is -2.31. The molecule has 0 saturated carbocycles. The molecule has 3 aliphatic rings. The number of amides is 4. The number of carbonyl (C=O) groups is 6. The fourth-order valence-electron chi connectivity index (χ4n) is 10.6. The Morgan fingerprint density at radius 3 is 1.63 bits per heavy atom. The van der Waals surface area contributed by atoms with E-state index in [2.05, 4.69) is 26.6 Å². The number of pyridine rings is 1. The summed E-state index contributed by atoms with van der Waals surface area (Å²) >= 11 is 0. The van der Waals surface area contributed by atoms with Gasteiger partial charge in [0.2, 0.25) is 0 Å². The first-order valence-electron chi connectivity index (χ1n) is 28.1. The summed E-state index contributed by atoms with van der Waals surface area (Å²) in [4.78, 5) is 84.3. The summed E-state index contributed by atoms with van der Waals surface area (Å²) in [6, 6.07) is 32.6. The molecule has 10 rings (SSSR count). The highest BCUT2D eigenvalue weighted by Gasteiger charge is 2.46. The van der Waals surface area contributed by atoms with Gasteiger partial charge >= 0.3 is 11.9 Å². The van der Waals surface area contributed by atoms with Crippen LogP contribution in [0.5, 0.6) is 0 Å². The van der Waals surface area contributed by atoms with Crippen LogP contribution in [0.3, 0.4) is 0 Å². The minimum absolute atomic E-state index is 0.0502. The average molecular weight is 1140 g/mol. The van der Waals surface area contributed by atoms with Gasteiger partial charge < -0.3 is 44.9 Å². The molecule has 0 aliphatic carbocycles. The molecule has 16 nitrogen and oxygen atoms in total. The number of allylic oxidation sites excluding steroid dienone is 1. The van der Waals surface area contributed by atoms with Crippen molar-refractivity contribution in [2.45, 2.75) is 98.3 Å². The smallest absolute Gasteiger partial charge is 0.340 e. The first-order valence-corrected chi connectivity index (χ1v) is 28.1. The zero-order chi connectivity index (χ0) is 59.6. The number of dihydropyridines is 1. The number of benzene rings is 4. The highest BCUT2D eigenvalue weighted by molar-refractivity contribution is 6.11. The van der Waals surface area contributed by atoms with E-state index in [-0.39, 0.29) is 91.0 Å². The van der Waals surface area contributed by atoms with Gasteiger partial charge in [-0.15, -0.1) is 0 Å². The molecule has 434 valence electrons. The molecule has 7 aromatic rings. The molecular weight excluding hydrogens is 1070 g/mol. The Morgan fingerprint density at radius 2 is 1.12 bits per heavy atom. The van der Waals surface area contributed by atoms with Crippen molar-refractivity contribution in [3.05, 3.63) is 230 Å². The van der Waals surface area contributed by atoms with Crippen molar-refractivity contribution in [1.82, 2.24) is 31.6 Å². The maximum atomic E-state index is 13.5. The van der Waals surface area contributed by atoms with Gasteiger partial charge in [0.25, 0.3) is 23.6 Å². The Balaban J connectivity index is 0.000000202. The van der Waals surface area contributed by atoms with Crippen molar-refractivity contribution in [3.8, 4) is 11.1 Å². The van der Waals surface area contributed by atoms with Crippen LogP contribution < -0.4 is 26.6 Å². The van der Waals surface area contributed by atoms with Gasteiger partial charge in [0.15, 0.2) is 0 Å². The average Bonchev–Trinajstić information content (AvgIpc) is 2.00. The van der Waals surface area contributed by atoms with Crippen LogP contribution >= 0.6 is 0 Å².